The van der Waals surface area contributed by atoms with E-state index < -0.39 is 24.9 Å². The zero-order chi connectivity index (χ0) is 16.3. The highest BCUT2D eigenvalue weighted by Crippen LogP contribution is 2.19. The van der Waals surface area contributed by atoms with Crippen molar-refractivity contribution in [2.45, 2.75) is 65.6 Å². The molecule has 1 unspecified atom stereocenters. The minimum absolute atomic E-state index is 0. The number of carbonyl (C=O) groups excluding carboxylic acids is 2. The van der Waals surface area contributed by atoms with Gasteiger partial charge in [-0.15, -0.1) is 0 Å². The van der Waals surface area contributed by atoms with E-state index in [0.29, 0.717) is 19.3 Å². The molecule has 0 amide bonds. The smallest absolute Gasteiger partial charge is 0.454 e. The molecule has 0 fully saturated rings. The fourth-order valence-electron chi connectivity index (χ4n) is 0.974. The lowest BCUT2D eigenvalue weighted by atomic mass is 10.0. The maximum atomic E-state index is 11.4. The summed E-state index contributed by atoms with van der Waals surface area (Å²) in [5.74, 6) is -1.80. The predicted molar refractivity (Wildman–Crippen MR) is 88.4 cm³/mol. The molecule has 0 aromatic heterocycles. The Bertz CT molecular complexity index is 300. The van der Waals surface area contributed by atoms with Crippen LogP contribution in [0.4, 0.5) is 0 Å². The van der Waals surface area contributed by atoms with Crippen LogP contribution in [-0.4, -0.2) is 46.0 Å². The molecule has 0 bridgehead atoms. The molecule has 0 saturated heterocycles. The van der Waals surface area contributed by atoms with E-state index in [-0.39, 0.29) is 24.6 Å². The Kier molecular flexibility index (Phi) is 24.9. The van der Waals surface area contributed by atoms with Crippen molar-refractivity contribution in [1.82, 2.24) is 18.5 Å². The summed E-state index contributed by atoms with van der Waals surface area (Å²) in [6, 6.07) is 0. The highest BCUT2D eigenvalue weighted by Gasteiger charge is 2.29. The molecule has 0 aliphatic carbocycles. The fourth-order valence-corrected chi connectivity index (χ4v) is 0.974. The number of rotatable bonds is 5. The van der Waals surface area contributed by atoms with Crippen molar-refractivity contribution in [2.75, 3.05) is 0 Å². The maximum absolute atomic E-state index is 11.4. The zero-order valence-corrected chi connectivity index (χ0v) is 14.9. The summed E-state index contributed by atoms with van der Waals surface area (Å²) in [6.45, 7) is 9.25. The molecule has 1 atom stereocenters. The van der Waals surface area contributed by atoms with Crippen molar-refractivity contribution in [2.24, 2.45) is 0 Å². The van der Waals surface area contributed by atoms with Crippen molar-refractivity contribution in [3.63, 3.8) is 0 Å². The Balaban J connectivity index is -0.000000138. The molecular formula is C12H34BN3O7. The summed E-state index contributed by atoms with van der Waals surface area (Å²) in [5.41, 5.74) is -0.578. The number of carbonyl (C=O) groups is 2. The summed E-state index contributed by atoms with van der Waals surface area (Å²) < 4.78 is 10.0. The lowest BCUT2D eigenvalue weighted by Crippen LogP contribution is -2.35. The Hall–Kier alpha value is -1.24. The van der Waals surface area contributed by atoms with E-state index >= 15 is 0 Å². The SMILES string of the molecule is CCC(C)OC(=O)C(=O)OC(C)(CC)CC.N.N.N.OB(O)O. The Morgan fingerprint density at radius 2 is 1.35 bits per heavy atom. The van der Waals surface area contributed by atoms with Crippen LogP contribution in [-0.2, 0) is 19.1 Å². The van der Waals surface area contributed by atoms with E-state index in [1.165, 1.54) is 0 Å². The van der Waals surface area contributed by atoms with Crippen LogP contribution in [0.2, 0.25) is 0 Å². The molecule has 0 rings (SSSR count). The van der Waals surface area contributed by atoms with E-state index in [9.17, 15) is 9.59 Å². The molecule has 0 heterocycles. The number of esters is 2. The second-order valence-electron chi connectivity index (χ2n) is 4.52. The van der Waals surface area contributed by atoms with Crippen LogP contribution in [0.15, 0.2) is 0 Å². The van der Waals surface area contributed by atoms with Crippen LogP contribution in [0.1, 0.15) is 53.9 Å². The minimum atomic E-state index is -2.17. The average Bonchev–Trinajstić information content (AvgIpc) is 2.37. The van der Waals surface area contributed by atoms with Crippen LogP contribution in [0.3, 0.4) is 0 Å². The summed E-state index contributed by atoms with van der Waals surface area (Å²) in [6.07, 6.45) is 1.77. The van der Waals surface area contributed by atoms with Gasteiger partial charge in [-0.3, -0.25) is 0 Å². The zero-order valence-electron chi connectivity index (χ0n) is 14.9. The minimum Gasteiger partial charge on any atom is -0.454 e. The van der Waals surface area contributed by atoms with Gasteiger partial charge in [-0.25, -0.2) is 9.59 Å². The van der Waals surface area contributed by atoms with Crippen molar-refractivity contribution in [3.8, 4) is 0 Å². The first-order valence-corrected chi connectivity index (χ1v) is 6.59. The van der Waals surface area contributed by atoms with Gasteiger partial charge in [-0.1, -0.05) is 20.8 Å². The molecule has 0 spiro atoms. The molecule has 0 aliphatic heterocycles. The molecular weight excluding hydrogens is 309 g/mol. The summed E-state index contributed by atoms with van der Waals surface area (Å²) in [4.78, 5) is 22.8. The van der Waals surface area contributed by atoms with Crippen LogP contribution in [0, 0.1) is 0 Å². The number of hydrogen-bond donors (Lipinski definition) is 6. The second-order valence-corrected chi connectivity index (χ2v) is 4.52. The van der Waals surface area contributed by atoms with Gasteiger partial charge in [0, 0.05) is 0 Å². The van der Waals surface area contributed by atoms with Crippen molar-refractivity contribution < 1.29 is 34.1 Å². The van der Waals surface area contributed by atoms with E-state index in [2.05, 4.69) is 0 Å². The molecule has 142 valence electrons. The fraction of sp³-hybridized carbons (Fsp3) is 0.833. The van der Waals surface area contributed by atoms with Crippen LogP contribution >= 0.6 is 0 Å². The monoisotopic (exact) mass is 343 g/mol. The van der Waals surface area contributed by atoms with Crippen molar-refractivity contribution >= 4 is 19.3 Å². The summed E-state index contributed by atoms with van der Waals surface area (Å²) >= 11 is 0. The average molecular weight is 343 g/mol. The van der Waals surface area contributed by atoms with Gasteiger partial charge in [0.25, 0.3) is 0 Å². The molecule has 23 heavy (non-hydrogen) atoms. The maximum Gasteiger partial charge on any atom is 0.631 e. The van der Waals surface area contributed by atoms with E-state index in [0.717, 1.165) is 0 Å². The number of ether oxygens (including phenoxy) is 2. The summed E-state index contributed by atoms with van der Waals surface area (Å²) in [7, 11) is -2.17. The molecule has 0 aliphatic rings. The Labute approximate surface area is 138 Å². The van der Waals surface area contributed by atoms with Gasteiger partial charge in [-0.2, -0.15) is 0 Å². The standard InChI is InChI=1S/C12H22O4.BH3O3.3H3N/c1-6-9(4)15-10(13)11(14)16-12(5,7-2)8-3;2-1(3)4;;;/h9H,6-8H2,1-5H3;2-4H;3*1H3. The Morgan fingerprint density at radius 3 is 1.61 bits per heavy atom. The molecule has 0 saturated carbocycles. The molecule has 0 aromatic carbocycles. The van der Waals surface area contributed by atoms with Crippen molar-refractivity contribution in [3.05, 3.63) is 0 Å². The normalized spacial score (nSPS) is 10.3. The van der Waals surface area contributed by atoms with E-state index in [1.807, 2.05) is 20.8 Å². The third-order valence-corrected chi connectivity index (χ3v) is 2.88. The van der Waals surface area contributed by atoms with E-state index in [1.54, 1.807) is 13.8 Å². The third-order valence-electron chi connectivity index (χ3n) is 2.88. The van der Waals surface area contributed by atoms with Gasteiger partial charge < -0.3 is 43.0 Å². The molecule has 10 nitrogen and oxygen atoms in total. The highest BCUT2D eigenvalue weighted by molar-refractivity contribution is 6.30. The first-order chi connectivity index (χ1) is 9.11. The van der Waals surface area contributed by atoms with Gasteiger partial charge >= 0.3 is 19.3 Å². The molecule has 11 heteroatoms. The first kappa shape index (κ1) is 33.4. The molecule has 0 radical (unpaired) electrons. The molecule has 0 aromatic rings. The number of hydrogen-bond acceptors (Lipinski definition) is 10. The van der Waals surface area contributed by atoms with Gasteiger partial charge in [0.2, 0.25) is 0 Å². The lowest BCUT2D eigenvalue weighted by molar-refractivity contribution is -0.179. The van der Waals surface area contributed by atoms with Gasteiger partial charge in [-0.05, 0) is 33.1 Å². The van der Waals surface area contributed by atoms with Crippen LogP contribution in [0.5, 0.6) is 0 Å². The van der Waals surface area contributed by atoms with Crippen molar-refractivity contribution in [1.29, 1.82) is 0 Å². The largest absolute Gasteiger partial charge is 0.631 e. The van der Waals surface area contributed by atoms with Crippen LogP contribution < -0.4 is 18.5 Å². The van der Waals surface area contributed by atoms with Crippen LogP contribution in [0.25, 0.3) is 0 Å². The van der Waals surface area contributed by atoms with E-state index in [4.69, 9.17) is 24.5 Å². The first-order valence-electron chi connectivity index (χ1n) is 6.59. The van der Waals surface area contributed by atoms with Gasteiger partial charge in [0.1, 0.15) is 5.60 Å². The third kappa shape index (κ3) is 18.7. The second kappa shape index (κ2) is 17.1. The molecule has 12 N–H and O–H groups in total. The lowest BCUT2D eigenvalue weighted by Gasteiger charge is -2.26. The van der Waals surface area contributed by atoms with Gasteiger partial charge in [0.05, 0.1) is 6.10 Å². The predicted octanol–water partition coefficient (Wildman–Crippen LogP) is 0.884. The Morgan fingerprint density at radius 1 is 1.00 bits per heavy atom. The summed E-state index contributed by atoms with van der Waals surface area (Å²) in [5, 5.41) is 21.5. The van der Waals surface area contributed by atoms with Gasteiger partial charge in [0.15, 0.2) is 0 Å². The quantitative estimate of drug-likeness (QED) is 0.235. The highest BCUT2D eigenvalue weighted by atomic mass is 16.6. The topological polar surface area (TPSA) is 218 Å².